The van der Waals surface area contributed by atoms with Gasteiger partial charge in [-0.05, 0) is 31.7 Å². The lowest BCUT2D eigenvalue weighted by molar-refractivity contribution is 0.277. The lowest BCUT2D eigenvalue weighted by atomic mass is 10.1. The van der Waals surface area contributed by atoms with Gasteiger partial charge >= 0.3 is 5.69 Å². The highest BCUT2D eigenvalue weighted by molar-refractivity contribution is 5.77. The van der Waals surface area contributed by atoms with Crippen molar-refractivity contribution in [3.8, 4) is 11.4 Å². The summed E-state index contributed by atoms with van der Waals surface area (Å²) in [6.07, 6.45) is 1.24. The first-order valence-corrected chi connectivity index (χ1v) is 9.73. The van der Waals surface area contributed by atoms with Gasteiger partial charge in [-0.1, -0.05) is 37.6 Å². The van der Waals surface area contributed by atoms with Crippen molar-refractivity contribution in [3.05, 3.63) is 50.7 Å². The number of aryl methyl sites for hydroxylation is 3. The molecule has 0 aliphatic rings. The molecule has 0 fully saturated rings. The summed E-state index contributed by atoms with van der Waals surface area (Å²) >= 11 is 0. The second kappa shape index (κ2) is 8.14. The van der Waals surface area contributed by atoms with Crippen molar-refractivity contribution in [2.45, 2.75) is 46.7 Å². The summed E-state index contributed by atoms with van der Waals surface area (Å²) in [5.41, 5.74) is 2.12. The van der Waals surface area contributed by atoms with Crippen LogP contribution in [0.4, 0.5) is 0 Å². The highest BCUT2D eigenvalue weighted by Gasteiger charge is 2.21. The molecule has 2 aromatic heterocycles. The monoisotopic (exact) mass is 384 g/mol. The van der Waals surface area contributed by atoms with Crippen LogP contribution in [0.3, 0.4) is 0 Å². The zero-order chi connectivity index (χ0) is 20.4. The van der Waals surface area contributed by atoms with Gasteiger partial charge < -0.3 is 9.67 Å². The number of benzene rings is 1. The minimum absolute atomic E-state index is 0.0746. The van der Waals surface area contributed by atoms with Crippen molar-refractivity contribution in [1.29, 1.82) is 0 Å². The van der Waals surface area contributed by atoms with Crippen molar-refractivity contribution in [2.75, 3.05) is 6.61 Å². The fraction of sp³-hybridized carbons (Fsp3) is 0.476. The number of nitrogens with zero attached hydrogens (tertiary/aromatic N) is 4. The molecular formula is C21H28N4O3. The summed E-state index contributed by atoms with van der Waals surface area (Å²) < 4.78 is 4.58. The molecule has 0 amide bonds. The Morgan fingerprint density at radius 3 is 2.54 bits per heavy atom. The number of imidazole rings is 1. The predicted molar refractivity (Wildman–Crippen MR) is 111 cm³/mol. The molecule has 0 saturated heterocycles. The number of hydrogen-bond donors (Lipinski definition) is 1. The van der Waals surface area contributed by atoms with E-state index in [0.717, 1.165) is 17.5 Å². The molecule has 0 atom stereocenters. The van der Waals surface area contributed by atoms with Crippen LogP contribution in [0, 0.1) is 12.8 Å². The number of rotatable bonds is 7. The molecule has 7 nitrogen and oxygen atoms in total. The van der Waals surface area contributed by atoms with E-state index in [1.165, 1.54) is 9.13 Å². The Morgan fingerprint density at radius 2 is 1.89 bits per heavy atom. The number of aliphatic hydroxyl groups is 1. The molecule has 0 aliphatic heterocycles. The molecule has 1 N–H and O–H groups in total. The second-order valence-electron chi connectivity index (χ2n) is 7.69. The molecule has 150 valence electrons. The zero-order valence-electron chi connectivity index (χ0n) is 17.0. The van der Waals surface area contributed by atoms with Crippen molar-refractivity contribution in [3.63, 3.8) is 0 Å². The van der Waals surface area contributed by atoms with Crippen LogP contribution in [-0.4, -0.2) is 30.4 Å². The average molecular weight is 384 g/mol. The van der Waals surface area contributed by atoms with Gasteiger partial charge in [0.15, 0.2) is 11.2 Å². The van der Waals surface area contributed by atoms with Crippen LogP contribution < -0.4 is 11.2 Å². The number of hydrogen-bond acceptors (Lipinski definition) is 4. The summed E-state index contributed by atoms with van der Waals surface area (Å²) in [5, 5.41) is 9.13. The molecular weight excluding hydrogens is 356 g/mol. The van der Waals surface area contributed by atoms with Crippen molar-refractivity contribution < 1.29 is 5.11 Å². The van der Waals surface area contributed by atoms with E-state index >= 15 is 0 Å². The van der Waals surface area contributed by atoms with E-state index in [0.29, 0.717) is 35.9 Å². The van der Waals surface area contributed by atoms with Crippen LogP contribution in [0.15, 0.2) is 33.9 Å². The second-order valence-corrected chi connectivity index (χ2v) is 7.69. The Morgan fingerprint density at radius 1 is 1.14 bits per heavy atom. The summed E-state index contributed by atoms with van der Waals surface area (Å²) in [6.45, 7) is 7.05. The lowest BCUT2D eigenvalue weighted by Gasteiger charge is -2.12. The molecule has 0 unspecified atom stereocenters. The number of aromatic nitrogens is 4. The third-order valence-electron chi connectivity index (χ3n) is 4.98. The Labute approximate surface area is 163 Å². The molecule has 0 radical (unpaired) electrons. The summed E-state index contributed by atoms with van der Waals surface area (Å²) in [7, 11) is 1.64. The van der Waals surface area contributed by atoms with Gasteiger partial charge in [0, 0.05) is 32.3 Å². The topological polar surface area (TPSA) is 82.1 Å². The third kappa shape index (κ3) is 3.67. The first kappa shape index (κ1) is 20.1. The SMILES string of the molecule is Cc1cccc(-c2nc3c(c(=O)n(CCCO)c(=O)n3C)n2CCC(C)C)c1. The van der Waals surface area contributed by atoms with Gasteiger partial charge in [-0.25, -0.2) is 9.78 Å². The van der Waals surface area contributed by atoms with Crippen molar-refractivity contribution in [1.82, 2.24) is 18.7 Å². The third-order valence-corrected chi connectivity index (χ3v) is 4.98. The molecule has 0 spiro atoms. The minimum atomic E-state index is -0.407. The lowest BCUT2D eigenvalue weighted by Crippen LogP contribution is -2.39. The standard InChI is InChI=1S/C21H28N4O3/c1-14(2)9-11-24-17-19(22-18(24)16-8-5-7-15(3)13-16)23(4)21(28)25(20(17)27)10-6-12-26/h5,7-8,13-14,26H,6,9-12H2,1-4H3. The average Bonchev–Trinajstić information content (AvgIpc) is 3.04. The molecule has 1 aromatic carbocycles. The predicted octanol–water partition coefficient (Wildman–Crippen LogP) is 2.30. The molecule has 3 rings (SSSR count). The van der Waals surface area contributed by atoms with Gasteiger partial charge in [0.2, 0.25) is 0 Å². The van der Waals surface area contributed by atoms with Crippen LogP contribution in [0.25, 0.3) is 22.6 Å². The highest BCUT2D eigenvalue weighted by Crippen LogP contribution is 2.24. The Balaban J connectivity index is 2.33. The fourth-order valence-corrected chi connectivity index (χ4v) is 3.41. The van der Waals surface area contributed by atoms with E-state index in [9.17, 15) is 9.59 Å². The van der Waals surface area contributed by atoms with Crippen LogP contribution in [0.5, 0.6) is 0 Å². The molecule has 3 aromatic rings. The minimum Gasteiger partial charge on any atom is -0.396 e. The molecule has 0 bridgehead atoms. The number of aliphatic hydroxyl groups excluding tert-OH is 1. The first-order chi connectivity index (χ1) is 13.3. The van der Waals surface area contributed by atoms with E-state index in [1.807, 2.05) is 35.8 Å². The summed E-state index contributed by atoms with van der Waals surface area (Å²) in [6, 6.07) is 8.00. The molecule has 7 heteroatoms. The fourth-order valence-electron chi connectivity index (χ4n) is 3.41. The van der Waals surface area contributed by atoms with E-state index in [1.54, 1.807) is 7.05 Å². The maximum atomic E-state index is 13.2. The Hall–Kier alpha value is -2.67. The van der Waals surface area contributed by atoms with Crippen molar-refractivity contribution in [2.24, 2.45) is 13.0 Å². The van der Waals surface area contributed by atoms with Crippen LogP contribution >= 0.6 is 0 Å². The maximum Gasteiger partial charge on any atom is 0.332 e. The van der Waals surface area contributed by atoms with Gasteiger partial charge in [-0.15, -0.1) is 0 Å². The Kier molecular flexibility index (Phi) is 5.84. The molecule has 0 saturated carbocycles. The zero-order valence-corrected chi connectivity index (χ0v) is 17.0. The number of fused-ring (bicyclic) bond motifs is 1. The van der Waals surface area contributed by atoms with Gasteiger partial charge in [-0.3, -0.25) is 13.9 Å². The largest absolute Gasteiger partial charge is 0.396 e. The van der Waals surface area contributed by atoms with E-state index in [-0.39, 0.29) is 18.7 Å². The van der Waals surface area contributed by atoms with Crippen LogP contribution in [0.1, 0.15) is 32.3 Å². The smallest absolute Gasteiger partial charge is 0.332 e. The quantitative estimate of drug-likeness (QED) is 0.678. The van der Waals surface area contributed by atoms with E-state index in [4.69, 9.17) is 10.1 Å². The van der Waals surface area contributed by atoms with Crippen LogP contribution in [0.2, 0.25) is 0 Å². The maximum absolute atomic E-state index is 13.2. The summed E-state index contributed by atoms with van der Waals surface area (Å²) in [5.74, 6) is 1.17. The van der Waals surface area contributed by atoms with Gasteiger partial charge in [0.1, 0.15) is 5.82 Å². The van der Waals surface area contributed by atoms with Gasteiger partial charge in [-0.2, -0.15) is 0 Å². The Bertz CT molecular complexity index is 1110. The molecule has 2 heterocycles. The summed E-state index contributed by atoms with van der Waals surface area (Å²) in [4.78, 5) is 30.6. The normalized spacial score (nSPS) is 11.6. The van der Waals surface area contributed by atoms with E-state index in [2.05, 4.69) is 13.8 Å². The first-order valence-electron chi connectivity index (χ1n) is 9.73. The van der Waals surface area contributed by atoms with Crippen LogP contribution in [-0.2, 0) is 20.1 Å². The van der Waals surface area contributed by atoms with Crippen molar-refractivity contribution >= 4 is 11.2 Å². The molecule has 28 heavy (non-hydrogen) atoms. The van der Waals surface area contributed by atoms with Gasteiger partial charge in [0.05, 0.1) is 0 Å². The molecule has 0 aliphatic carbocycles. The highest BCUT2D eigenvalue weighted by atomic mass is 16.3. The van der Waals surface area contributed by atoms with E-state index < -0.39 is 5.69 Å². The van der Waals surface area contributed by atoms with Gasteiger partial charge in [0.25, 0.3) is 5.56 Å².